The Labute approximate surface area is 142 Å². The number of aliphatic imine (C=N–C) groups is 1. The van der Waals surface area contributed by atoms with Gasteiger partial charge in [-0.2, -0.15) is 11.8 Å². The summed E-state index contributed by atoms with van der Waals surface area (Å²) < 4.78 is 0. The van der Waals surface area contributed by atoms with Crippen molar-refractivity contribution in [2.75, 3.05) is 32.1 Å². The van der Waals surface area contributed by atoms with E-state index in [2.05, 4.69) is 34.0 Å². The number of rotatable bonds is 7. The van der Waals surface area contributed by atoms with E-state index in [0.29, 0.717) is 19.5 Å². The summed E-state index contributed by atoms with van der Waals surface area (Å²) in [6.07, 6.45) is 3.76. The molecule has 1 aromatic rings. The lowest BCUT2D eigenvalue weighted by Crippen LogP contribution is -2.38. The van der Waals surface area contributed by atoms with E-state index in [-0.39, 0.29) is 5.91 Å². The zero-order chi connectivity index (χ0) is 16.5. The minimum absolute atomic E-state index is 0.266. The van der Waals surface area contributed by atoms with Crippen molar-refractivity contribution in [3.63, 3.8) is 0 Å². The van der Waals surface area contributed by atoms with Crippen LogP contribution < -0.4 is 10.6 Å². The largest absolute Gasteiger partial charge is 0.356 e. The summed E-state index contributed by atoms with van der Waals surface area (Å²) in [5.74, 6) is 2.13. The molecule has 1 heterocycles. The molecule has 1 amide bonds. The number of benzene rings is 1. The van der Waals surface area contributed by atoms with Gasteiger partial charge in [-0.05, 0) is 23.8 Å². The summed E-state index contributed by atoms with van der Waals surface area (Å²) in [5.41, 5.74) is 2.41. The molecule has 2 N–H and O–H groups in total. The van der Waals surface area contributed by atoms with E-state index in [9.17, 15) is 4.79 Å². The highest BCUT2D eigenvalue weighted by Crippen LogP contribution is 2.17. The normalized spacial score (nSPS) is 15.1. The number of thioether (sulfide) groups is 1. The third kappa shape index (κ3) is 5.46. The molecule has 1 aliphatic heterocycles. The van der Waals surface area contributed by atoms with Gasteiger partial charge in [0.25, 0.3) is 0 Å². The Morgan fingerprint density at radius 2 is 2.09 bits per heavy atom. The fourth-order valence-corrected chi connectivity index (χ4v) is 2.94. The number of hydrogen-bond acceptors (Lipinski definition) is 3. The van der Waals surface area contributed by atoms with Gasteiger partial charge in [-0.15, -0.1) is 0 Å². The molecule has 1 aliphatic rings. The third-order valence-corrected chi connectivity index (χ3v) is 4.53. The average molecular weight is 334 g/mol. The molecular weight excluding hydrogens is 308 g/mol. The third-order valence-electron chi connectivity index (χ3n) is 3.92. The highest BCUT2D eigenvalue weighted by molar-refractivity contribution is 7.98. The van der Waals surface area contributed by atoms with Gasteiger partial charge in [0.2, 0.25) is 5.91 Å². The number of carbonyl (C=O) groups excluding carboxylic acids is 1. The number of hydrogen-bond donors (Lipinski definition) is 2. The van der Waals surface area contributed by atoms with Gasteiger partial charge in [0.15, 0.2) is 5.96 Å². The van der Waals surface area contributed by atoms with Gasteiger partial charge in [-0.3, -0.25) is 9.79 Å². The minimum Gasteiger partial charge on any atom is -0.356 e. The smallest absolute Gasteiger partial charge is 0.222 e. The zero-order valence-corrected chi connectivity index (χ0v) is 14.8. The zero-order valence-electron chi connectivity index (χ0n) is 14.0. The number of amides is 1. The van der Waals surface area contributed by atoms with Crippen molar-refractivity contribution in [1.82, 2.24) is 15.5 Å². The van der Waals surface area contributed by atoms with Crippen LogP contribution in [0.4, 0.5) is 0 Å². The quantitative estimate of drug-likeness (QED) is 0.454. The number of likely N-dealkylation sites (tertiary alicyclic amines) is 1. The first-order chi connectivity index (χ1) is 11.2. The van der Waals surface area contributed by atoms with Crippen LogP contribution in [-0.4, -0.2) is 48.9 Å². The van der Waals surface area contributed by atoms with Gasteiger partial charge in [0.1, 0.15) is 0 Å². The Balaban J connectivity index is 1.93. The number of nitrogens with one attached hydrogen (secondary N) is 2. The van der Waals surface area contributed by atoms with E-state index in [4.69, 9.17) is 0 Å². The van der Waals surface area contributed by atoms with Crippen LogP contribution in [0.3, 0.4) is 0 Å². The monoisotopic (exact) mass is 334 g/mol. The fourth-order valence-electron chi connectivity index (χ4n) is 2.63. The number of guanidine groups is 1. The van der Waals surface area contributed by atoms with Crippen molar-refractivity contribution in [2.45, 2.75) is 25.9 Å². The lowest BCUT2D eigenvalue weighted by atomic mass is 10.1. The average Bonchev–Trinajstić information content (AvgIpc) is 2.97. The topological polar surface area (TPSA) is 56.7 Å². The molecule has 1 fully saturated rings. The maximum absolute atomic E-state index is 11.8. The van der Waals surface area contributed by atoms with Gasteiger partial charge in [-0.25, -0.2) is 0 Å². The predicted octanol–water partition coefficient (Wildman–Crippen LogP) is 1.84. The Kier molecular flexibility index (Phi) is 7.26. The molecule has 0 unspecified atom stereocenters. The molecule has 23 heavy (non-hydrogen) atoms. The molecule has 2 rings (SSSR count). The van der Waals surface area contributed by atoms with E-state index in [0.717, 1.165) is 31.2 Å². The molecule has 1 aromatic carbocycles. The summed E-state index contributed by atoms with van der Waals surface area (Å²) in [7, 11) is 1.78. The highest BCUT2D eigenvalue weighted by Gasteiger charge is 2.20. The lowest BCUT2D eigenvalue weighted by molar-refractivity contribution is -0.128. The molecule has 1 saturated heterocycles. The first-order valence-corrected chi connectivity index (χ1v) is 9.42. The summed E-state index contributed by atoms with van der Waals surface area (Å²) in [5, 5.41) is 6.64. The Hall–Kier alpha value is -1.69. The molecule has 0 spiro atoms. The van der Waals surface area contributed by atoms with Crippen molar-refractivity contribution in [3.8, 4) is 0 Å². The van der Waals surface area contributed by atoms with Crippen molar-refractivity contribution >= 4 is 23.6 Å². The van der Waals surface area contributed by atoms with Crippen LogP contribution in [0.1, 0.15) is 24.0 Å². The molecule has 0 aliphatic carbocycles. The van der Waals surface area contributed by atoms with Gasteiger partial charge in [-0.1, -0.05) is 24.3 Å². The molecule has 0 saturated carbocycles. The van der Waals surface area contributed by atoms with Gasteiger partial charge in [0, 0.05) is 45.4 Å². The van der Waals surface area contributed by atoms with Crippen LogP contribution in [0.15, 0.2) is 29.3 Å². The van der Waals surface area contributed by atoms with Crippen LogP contribution in [0.5, 0.6) is 0 Å². The summed E-state index contributed by atoms with van der Waals surface area (Å²) in [4.78, 5) is 18.0. The van der Waals surface area contributed by atoms with Crippen LogP contribution in [0.25, 0.3) is 0 Å². The number of carbonyl (C=O) groups is 1. The number of nitrogens with zero attached hydrogens (tertiary/aromatic N) is 2. The van der Waals surface area contributed by atoms with Crippen molar-refractivity contribution < 1.29 is 4.79 Å². The van der Waals surface area contributed by atoms with E-state index in [1.807, 2.05) is 17.0 Å². The highest BCUT2D eigenvalue weighted by atomic mass is 32.2. The van der Waals surface area contributed by atoms with Crippen LogP contribution in [-0.2, 0) is 17.9 Å². The maximum Gasteiger partial charge on any atom is 0.222 e. The Morgan fingerprint density at radius 1 is 1.30 bits per heavy atom. The van der Waals surface area contributed by atoms with Crippen LogP contribution in [0.2, 0.25) is 0 Å². The second-order valence-corrected chi connectivity index (χ2v) is 6.52. The summed E-state index contributed by atoms with van der Waals surface area (Å²) in [6.45, 7) is 3.18. The van der Waals surface area contributed by atoms with E-state index >= 15 is 0 Å². The minimum atomic E-state index is 0.266. The SMILES string of the molecule is CN=C(NCCSC)NCc1ccccc1CN1CCCC1=O. The van der Waals surface area contributed by atoms with Crippen LogP contribution >= 0.6 is 11.8 Å². The Morgan fingerprint density at radius 3 is 2.74 bits per heavy atom. The standard InChI is InChI=1S/C17H26N4OS/c1-18-17(19-9-11-23-2)20-12-14-6-3-4-7-15(14)13-21-10-5-8-16(21)22/h3-4,6-7H,5,8-13H2,1-2H3,(H2,18,19,20). The van der Waals surface area contributed by atoms with Crippen LogP contribution in [0, 0.1) is 0 Å². The first-order valence-electron chi connectivity index (χ1n) is 8.02. The molecular formula is C17H26N4OS. The van der Waals surface area contributed by atoms with Crippen molar-refractivity contribution in [3.05, 3.63) is 35.4 Å². The fraction of sp³-hybridized carbons (Fsp3) is 0.529. The first kappa shape index (κ1) is 17.7. The lowest BCUT2D eigenvalue weighted by Gasteiger charge is -2.19. The maximum atomic E-state index is 11.8. The van der Waals surface area contributed by atoms with Crippen molar-refractivity contribution in [1.29, 1.82) is 0 Å². The molecule has 0 radical (unpaired) electrons. The molecule has 6 heteroatoms. The summed E-state index contributed by atoms with van der Waals surface area (Å²) >= 11 is 1.81. The van der Waals surface area contributed by atoms with Crippen molar-refractivity contribution in [2.24, 2.45) is 4.99 Å². The molecule has 126 valence electrons. The van der Waals surface area contributed by atoms with Gasteiger partial charge < -0.3 is 15.5 Å². The Bertz CT molecular complexity index is 547. The second kappa shape index (κ2) is 9.45. The molecule has 5 nitrogen and oxygen atoms in total. The summed E-state index contributed by atoms with van der Waals surface area (Å²) in [6, 6.07) is 8.28. The molecule has 0 bridgehead atoms. The van der Waals surface area contributed by atoms with E-state index in [1.165, 1.54) is 11.1 Å². The van der Waals surface area contributed by atoms with Gasteiger partial charge in [0.05, 0.1) is 0 Å². The molecule has 0 atom stereocenters. The molecule has 0 aromatic heterocycles. The van der Waals surface area contributed by atoms with Gasteiger partial charge >= 0.3 is 0 Å². The predicted molar refractivity (Wildman–Crippen MR) is 97.7 cm³/mol. The van der Waals surface area contributed by atoms with E-state index in [1.54, 1.807) is 18.8 Å². The second-order valence-electron chi connectivity index (χ2n) is 5.53. The van der Waals surface area contributed by atoms with E-state index < -0.39 is 0 Å².